The van der Waals surface area contributed by atoms with E-state index in [0.717, 1.165) is 23.3 Å². The van der Waals surface area contributed by atoms with Gasteiger partial charge in [0, 0.05) is 31.2 Å². The number of hydrogen-bond acceptors (Lipinski definition) is 9. The van der Waals surface area contributed by atoms with Crippen LogP contribution in [-0.4, -0.2) is 91.7 Å². The lowest BCUT2D eigenvalue weighted by atomic mass is 9.45. The van der Waals surface area contributed by atoms with Crippen molar-refractivity contribution in [1.29, 1.82) is 0 Å². The summed E-state index contributed by atoms with van der Waals surface area (Å²) in [6.45, 7) is 3.20. The summed E-state index contributed by atoms with van der Waals surface area (Å²) >= 11 is 0. The number of aliphatic carboxylic acids is 1. The van der Waals surface area contributed by atoms with Gasteiger partial charge in [0.2, 0.25) is 11.7 Å². The molecule has 1 amide bonds. The van der Waals surface area contributed by atoms with Crippen LogP contribution in [0.3, 0.4) is 0 Å². The molecule has 1 saturated heterocycles. The smallest absolute Gasteiger partial charge is 0.326 e. The van der Waals surface area contributed by atoms with E-state index in [1.165, 1.54) is 0 Å². The van der Waals surface area contributed by atoms with Crippen molar-refractivity contribution in [1.82, 2.24) is 4.90 Å². The van der Waals surface area contributed by atoms with Crippen molar-refractivity contribution in [3.8, 4) is 0 Å². The van der Waals surface area contributed by atoms with Gasteiger partial charge in [-0.25, -0.2) is 4.79 Å². The highest BCUT2D eigenvalue weighted by Crippen LogP contribution is 2.67. The Kier molecular flexibility index (Phi) is 7.70. The predicted octanol–water partition coefficient (Wildman–Crippen LogP) is 1.16. The fourth-order valence-electron chi connectivity index (χ4n) is 9.16. The predicted molar refractivity (Wildman–Crippen MR) is 142 cm³/mol. The van der Waals surface area contributed by atoms with Crippen molar-refractivity contribution in [2.45, 2.75) is 102 Å². The number of likely N-dealkylation sites (tertiary alicyclic amines) is 1. The van der Waals surface area contributed by atoms with E-state index in [-0.39, 0.29) is 67.6 Å². The summed E-state index contributed by atoms with van der Waals surface area (Å²) < 4.78 is 5.16. The number of aliphatic hydroxyl groups excluding tert-OH is 2. The normalized spacial score (nSPS) is 41.6. The highest BCUT2D eigenvalue weighted by Gasteiger charge is 2.68. The zero-order valence-electron chi connectivity index (χ0n) is 23.7. The van der Waals surface area contributed by atoms with Crippen LogP contribution in [0.1, 0.15) is 78.1 Å². The quantitative estimate of drug-likeness (QED) is 0.322. The molecule has 0 spiro atoms. The van der Waals surface area contributed by atoms with Crippen LogP contribution in [0.5, 0.6) is 0 Å². The Morgan fingerprint density at radius 1 is 1.07 bits per heavy atom. The third kappa shape index (κ3) is 4.83. The fourth-order valence-corrected chi connectivity index (χ4v) is 9.16. The maximum Gasteiger partial charge on any atom is 0.326 e. The molecule has 226 valence electrons. The number of β-amino-alcohol motifs (C(OH)–C–C–N with tert-alkyl or cyclic N) is 1. The molecule has 1 heterocycles. The number of esters is 1. The van der Waals surface area contributed by atoms with Crippen molar-refractivity contribution in [3.63, 3.8) is 0 Å². The van der Waals surface area contributed by atoms with Crippen LogP contribution in [0.4, 0.5) is 0 Å². The second-order valence-corrected chi connectivity index (χ2v) is 13.3. The number of fused-ring (bicyclic) bond motifs is 5. The number of carbonyl (C=O) groups excluding carboxylic acids is 4. The second-order valence-electron chi connectivity index (χ2n) is 13.3. The number of ketones is 2. The van der Waals surface area contributed by atoms with Crippen LogP contribution in [0.25, 0.3) is 0 Å². The third-order valence-electron chi connectivity index (χ3n) is 11.3. The maximum atomic E-state index is 13.4. The van der Waals surface area contributed by atoms with Crippen LogP contribution >= 0.6 is 0 Å². The average molecular weight is 576 g/mol. The van der Waals surface area contributed by atoms with E-state index in [4.69, 9.17) is 4.74 Å². The summed E-state index contributed by atoms with van der Waals surface area (Å²) in [5.41, 5.74) is -1.86. The highest BCUT2D eigenvalue weighted by molar-refractivity contribution is 5.92. The van der Waals surface area contributed by atoms with Gasteiger partial charge in [0.25, 0.3) is 0 Å². The van der Waals surface area contributed by atoms with Crippen LogP contribution in [-0.2, 0) is 28.7 Å². The third-order valence-corrected chi connectivity index (χ3v) is 11.3. The molecule has 0 unspecified atom stereocenters. The molecule has 0 aromatic carbocycles. The Morgan fingerprint density at radius 2 is 1.80 bits per heavy atom. The van der Waals surface area contributed by atoms with Crippen molar-refractivity contribution in [2.24, 2.45) is 28.6 Å². The number of carboxylic acid groups (broad SMARTS) is 1. The highest BCUT2D eigenvalue weighted by atomic mass is 16.5. The molecule has 41 heavy (non-hydrogen) atoms. The Morgan fingerprint density at radius 3 is 2.51 bits per heavy atom. The lowest BCUT2D eigenvalue weighted by Crippen LogP contribution is -2.62. The molecule has 11 heteroatoms. The second kappa shape index (κ2) is 10.6. The van der Waals surface area contributed by atoms with Crippen molar-refractivity contribution in [3.05, 3.63) is 11.6 Å². The van der Waals surface area contributed by atoms with Gasteiger partial charge in [0.1, 0.15) is 11.6 Å². The van der Waals surface area contributed by atoms with Gasteiger partial charge >= 0.3 is 11.9 Å². The zero-order chi connectivity index (χ0) is 29.9. The zero-order valence-corrected chi connectivity index (χ0v) is 23.7. The van der Waals surface area contributed by atoms with E-state index in [1.54, 1.807) is 6.08 Å². The van der Waals surface area contributed by atoms with E-state index in [2.05, 4.69) is 6.92 Å². The lowest BCUT2D eigenvalue weighted by molar-refractivity contribution is -0.184. The number of hydrogen-bond donors (Lipinski definition) is 4. The van der Waals surface area contributed by atoms with Crippen LogP contribution in [0, 0.1) is 28.6 Å². The number of ether oxygens (including phenoxy) is 1. The van der Waals surface area contributed by atoms with E-state index >= 15 is 0 Å². The maximum absolute atomic E-state index is 13.4. The first-order chi connectivity index (χ1) is 19.2. The molecular formula is C30H41NO10. The molecule has 1 aliphatic heterocycles. The van der Waals surface area contributed by atoms with E-state index in [9.17, 15) is 44.4 Å². The Balaban J connectivity index is 1.21. The largest absolute Gasteiger partial charge is 0.480 e. The first kappa shape index (κ1) is 29.8. The lowest BCUT2D eigenvalue weighted by Gasteiger charge is -2.60. The summed E-state index contributed by atoms with van der Waals surface area (Å²) in [7, 11) is 0. The minimum atomic E-state index is -1.78. The molecule has 4 N–H and O–H groups in total. The molecular weight excluding hydrogens is 534 g/mol. The Bertz CT molecular complexity index is 1180. The molecule has 4 fully saturated rings. The first-order valence-corrected chi connectivity index (χ1v) is 14.7. The van der Waals surface area contributed by atoms with Gasteiger partial charge in [-0.1, -0.05) is 19.4 Å². The molecule has 3 saturated carbocycles. The molecule has 0 aromatic heterocycles. The van der Waals surface area contributed by atoms with Crippen molar-refractivity contribution >= 4 is 29.4 Å². The van der Waals surface area contributed by atoms with Crippen molar-refractivity contribution in [2.75, 3.05) is 13.2 Å². The van der Waals surface area contributed by atoms with Gasteiger partial charge in [0.05, 0.1) is 18.6 Å². The number of nitrogens with zero attached hydrogens (tertiary/aromatic N) is 1. The number of carbonyl (C=O) groups is 5. The van der Waals surface area contributed by atoms with Gasteiger partial charge in [-0.15, -0.1) is 0 Å². The molecule has 4 aliphatic carbocycles. The molecule has 0 bridgehead atoms. The van der Waals surface area contributed by atoms with E-state index < -0.39 is 59.5 Å². The van der Waals surface area contributed by atoms with E-state index in [1.807, 2.05) is 6.92 Å². The summed E-state index contributed by atoms with van der Waals surface area (Å²) in [5, 5.41) is 42.3. The number of allylic oxidation sites excluding steroid dienone is 1. The average Bonchev–Trinajstić information content (AvgIpc) is 3.43. The van der Waals surface area contributed by atoms with Gasteiger partial charge in [-0.2, -0.15) is 0 Å². The van der Waals surface area contributed by atoms with Gasteiger partial charge in [-0.05, 0) is 67.8 Å². The number of amides is 1. The molecule has 5 rings (SSSR count). The molecule has 0 radical (unpaired) electrons. The summed E-state index contributed by atoms with van der Waals surface area (Å²) in [6.07, 6.45) is 2.99. The Labute approximate surface area is 238 Å². The number of rotatable bonds is 7. The van der Waals surface area contributed by atoms with E-state index in [0.29, 0.717) is 19.3 Å². The summed E-state index contributed by atoms with van der Waals surface area (Å²) in [4.78, 5) is 62.8. The monoisotopic (exact) mass is 575 g/mol. The van der Waals surface area contributed by atoms with Gasteiger partial charge in [0.15, 0.2) is 12.4 Å². The van der Waals surface area contributed by atoms with Crippen molar-refractivity contribution < 1.29 is 49.1 Å². The van der Waals surface area contributed by atoms with Crippen LogP contribution < -0.4 is 0 Å². The topological polar surface area (TPSA) is 179 Å². The molecule has 5 aliphatic rings. The van der Waals surface area contributed by atoms with Crippen LogP contribution in [0.15, 0.2) is 11.6 Å². The summed E-state index contributed by atoms with van der Waals surface area (Å²) in [5.74, 6) is -3.13. The number of aliphatic hydroxyl groups is 3. The molecule has 11 nitrogen and oxygen atoms in total. The fraction of sp³-hybridized carbons (Fsp3) is 0.767. The number of carboxylic acids is 1. The first-order valence-electron chi connectivity index (χ1n) is 14.7. The minimum Gasteiger partial charge on any atom is -0.480 e. The molecule has 9 atom stereocenters. The van der Waals surface area contributed by atoms with Gasteiger partial charge in [-0.3, -0.25) is 19.2 Å². The Hall–Kier alpha value is -2.63. The SMILES string of the molecule is C[C@]12CCC(=O)C=C1CC[C@H]1[C@H]2[C@@H](O)C[C@@]2(C)[C@H]1CC[C@]2(O)C(=O)COC(=O)CCC(=O)N1C[C@@H](O)C[C@@H]1C(=O)O. The standard InChI is InChI=1S/C30H41NO10/c1-28-9-7-17(32)11-16(28)3-4-19-20-8-10-30(40,29(20,2)13-22(34)26(19)28)23(35)15-41-25(37)6-5-24(36)31-14-18(33)12-21(31)27(38)39/h11,18-22,26,33-34,40H,3-10,12-15H2,1-2H3,(H,38,39)/t18-,19+,20-,21+,22-,26-,28-,29-,30-/m0/s1. The number of Topliss-reactive ketones (excluding diaryl/α,β-unsaturated/α-hetero) is 1. The minimum absolute atomic E-state index is 0.00725. The molecule has 0 aromatic rings. The van der Waals surface area contributed by atoms with Crippen LogP contribution in [0.2, 0.25) is 0 Å². The summed E-state index contributed by atoms with van der Waals surface area (Å²) in [6, 6.07) is -1.15. The van der Waals surface area contributed by atoms with Gasteiger partial charge < -0.3 is 30.1 Å².